The van der Waals surface area contributed by atoms with Crippen LogP contribution in [0.25, 0.3) is 5.69 Å². The van der Waals surface area contributed by atoms with Crippen LogP contribution in [-0.2, 0) is 4.74 Å². The molecule has 3 aromatic rings. The number of aromatic nitrogens is 2. The van der Waals surface area contributed by atoms with Crippen LogP contribution in [0.2, 0.25) is 0 Å². The maximum absolute atomic E-state index is 12.6. The molecule has 1 aromatic heterocycles. The molecule has 1 N–H and O–H groups in total. The van der Waals surface area contributed by atoms with Crippen LogP contribution in [0.15, 0.2) is 67.3 Å². The highest BCUT2D eigenvalue weighted by Crippen LogP contribution is 2.21. The largest absolute Gasteiger partial charge is 0.491 e. The summed E-state index contributed by atoms with van der Waals surface area (Å²) in [7, 11) is 0. The summed E-state index contributed by atoms with van der Waals surface area (Å²) >= 11 is 0. The zero-order valence-corrected chi connectivity index (χ0v) is 14.9. The molecule has 1 fully saturated rings. The molecular weight excluding hydrogens is 342 g/mol. The third-order valence-corrected chi connectivity index (χ3v) is 4.51. The van der Waals surface area contributed by atoms with E-state index in [1.807, 2.05) is 47.2 Å². The van der Waals surface area contributed by atoms with E-state index in [-0.39, 0.29) is 12.0 Å². The average Bonchev–Trinajstić information content (AvgIpc) is 3.41. The van der Waals surface area contributed by atoms with E-state index in [2.05, 4.69) is 10.3 Å². The van der Waals surface area contributed by atoms with Gasteiger partial charge in [0.05, 0.1) is 23.8 Å². The highest BCUT2D eigenvalue weighted by atomic mass is 16.5. The lowest BCUT2D eigenvalue weighted by molar-refractivity contribution is 0.0679. The predicted molar refractivity (Wildman–Crippen MR) is 102 cm³/mol. The van der Waals surface area contributed by atoms with Gasteiger partial charge in [-0.15, -0.1) is 0 Å². The number of carbonyl (C=O) groups is 1. The number of benzene rings is 2. The first kappa shape index (κ1) is 17.3. The van der Waals surface area contributed by atoms with Gasteiger partial charge in [0.15, 0.2) is 0 Å². The van der Waals surface area contributed by atoms with Gasteiger partial charge in [-0.1, -0.05) is 12.1 Å². The van der Waals surface area contributed by atoms with Crippen molar-refractivity contribution >= 4 is 11.6 Å². The Labute approximate surface area is 157 Å². The van der Waals surface area contributed by atoms with Crippen LogP contribution in [0.5, 0.6) is 5.75 Å². The molecule has 0 unspecified atom stereocenters. The fourth-order valence-corrected chi connectivity index (χ4v) is 3.07. The third kappa shape index (κ3) is 4.17. The van der Waals surface area contributed by atoms with E-state index >= 15 is 0 Å². The van der Waals surface area contributed by atoms with Gasteiger partial charge >= 0.3 is 0 Å². The standard InChI is InChI=1S/C21H21N3O3/c25-21(23-19-5-1-2-6-20(19)24-12-11-22-15-24)16-7-9-17(10-8-16)27-14-18-4-3-13-26-18/h1-2,5-12,15,18H,3-4,13-14H2,(H,23,25)/t18-/m1/s1. The van der Waals surface area contributed by atoms with Crippen LogP contribution < -0.4 is 10.1 Å². The van der Waals surface area contributed by atoms with Crippen LogP contribution >= 0.6 is 0 Å². The lowest BCUT2D eigenvalue weighted by Crippen LogP contribution is -2.16. The number of amides is 1. The summed E-state index contributed by atoms with van der Waals surface area (Å²) in [6.45, 7) is 1.36. The maximum Gasteiger partial charge on any atom is 0.255 e. The summed E-state index contributed by atoms with van der Waals surface area (Å²) in [5, 5.41) is 2.96. The van der Waals surface area contributed by atoms with Crippen molar-refractivity contribution in [3.63, 3.8) is 0 Å². The van der Waals surface area contributed by atoms with Gasteiger partial charge in [-0.25, -0.2) is 4.98 Å². The first-order valence-corrected chi connectivity index (χ1v) is 9.03. The highest BCUT2D eigenvalue weighted by Gasteiger charge is 2.16. The molecule has 2 heterocycles. The van der Waals surface area contributed by atoms with Crippen molar-refractivity contribution in [2.24, 2.45) is 0 Å². The number of para-hydroxylation sites is 2. The SMILES string of the molecule is O=C(Nc1ccccc1-n1ccnc1)c1ccc(OC[C@H]2CCCO2)cc1. The fraction of sp³-hybridized carbons (Fsp3) is 0.238. The van der Waals surface area contributed by atoms with Gasteiger partial charge < -0.3 is 19.4 Å². The summed E-state index contributed by atoms with van der Waals surface area (Å²) in [6, 6.07) is 14.8. The number of rotatable bonds is 6. The van der Waals surface area contributed by atoms with Crippen molar-refractivity contribution in [1.82, 2.24) is 9.55 Å². The summed E-state index contributed by atoms with van der Waals surface area (Å²) < 4.78 is 13.2. The molecule has 1 aliphatic heterocycles. The van der Waals surface area contributed by atoms with Crippen molar-refractivity contribution in [1.29, 1.82) is 0 Å². The second-order valence-electron chi connectivity index (χ2n) is 6.41. The molecular formula is C21H21N3O3. The number of carbonyl (C=O) groups excluding carboxylic acids is 1. The molecule has 0 saturated carbocycles. The molecule has 0 bridgehead atoms. The Morgan fingerprint density at radius 3 is 2.81 bits per heavy atom. The van der Waals surface area contributed by atoms with Gasteiger partial charge in [0.1, 0.15) is 12.4 Å². The molecule has 1 amide bonds. The lowest BCUT2D eigenvalue weighted by atomic mass is 10.2. The summed E-state index contributed by atoms with van der Waals surface area (Å²) in [4.78, 5) is 16.7. The minimum Gasteiger partial charge on any atom is -0.491 e. The molecule has 6 nitrogen and oxygen atoms in total. The molecule has 6 heteroatoms. The lowest BCUT2D eigenvalue weighted by Gasteiger charge is -2.13. The molecule has 138 valence electrons. The smallest absolute Gasteiger partial charge is 0.255 e. The van der Waals surface area contributed by atoms with Crippen molar-refractivity contribution in [3.05, 3.63) is 72.8 Å². The molecule has 27 heavy (non-hydrogen) atoms. The van der Waals surface area contributed by atoms with E-state index in [9.17, 15) is 4.79 Å². The molecule has 4 rings (SSSR count). The zero-order valence-electron chi connectivity index (χ0n) is 14.9. The van der Waals surface area contributed by atoms with E-state index in [1.165, 1.54) is 0 Å². The Bertz CT molecular complexity index is 885. The monoisotopic (exact) mass is 363 g/mol. The number of hydrogen-bond acceptors (Lipinski definition) is 4. The fourth-order valence-electron chi connectivity index (χ4n) is 3.07. The normalized spacial score (nSPS) is 16.2. The van der Waals surface area contributed by atoms with Crippen LogP contribution in [0.4, 0.5) is 5.69 Å². The quantitative estimate of drug-likeness (QED) is 0.725. The Kier molecular flexibility index (Phi) is 5.16. The number of hydrogen-bond donors (Lipinski definition) is 1. The van der Waals surface area contributed by atoms with Crippen molar-refractivity contribution in [3.8, 4) is 11.4 Å². The van der Waals surface area contributed by atoms with Crippen LogP contribution in [0.3, 0.4) is 0 Å². The van der Waals surface area contributed by atoms with Gasteiger partial charge in [-0.3, -0.25) is 4.79 Å². The topological polar surface area (TPSA) is 65.4 Å². The Hall–Kier alpha value is -3.12. The minimum absolute atomic E-state index is 0.173. The predicted octanol–water partition coefficient (Wildman–Crippen LogP) is 3.68. The van der Waals surface area contributed by atoms with Crippen molar-refractivity contribution in [2.45, 2.75) is 18.9 Å². The summed E-state index contributed by atoms with van der Waals surface area (Å²) in [5.41, 5.74) is 2.15. The van der Waals surface area contributed by atoms with Gasteiger partial charge in [0.25, 0.3) is 5.91 Å². The van der Waals surface area contributed by atoms with E-state index in [1.54, 1.807) is 24.7 Å². The van der Waals surface area contributed by atoms with E-state index in [0.717, 1.165) is 36.6 Å². The highest BCUT2D eigenvalue weighted by molar-refractivity contribution is 6.05. The van der Waals surface area contributed by atoms with Crippen LogP contribution in [0, 0.1) is 0 Å². The molecule has 1 atom stereocenters. The van der Waals surface area contributed by atoms with Crippen LogP contribution in [0.1, 0.15) is 23.2 Å². The van der Waals surface area contributed by atoms with Gasteiger partial charge in [-0.2, -0.15) is 0 Å². The minimum atomic E-state index is -0.173. The Balaban J connectivity index is 1.41. The average molecular weight is 363 g/mol. The molecule has 2 aromatic carbocycles. The zero-order chi connectivity index (χ0) is 18.5. The second-order valence-corrected chi connectivity index (χ2v) is 6.41. The first-order chi connectivity index (χ1) is 13.3. The van der Waals surface area contributed by atoms with E-state index in [4.69, 9.17) is 9.47 Å². The number of nitrogens with one attached hydrogen (secondary N) is 1. The molecule has 1 saturated heterocycles. The molecule has 0 aliphatic carbocycles. The summed E-state index contributed by atoms with van der Waals surface area (Å²) in [6.07, 6.45) is 7.54. The van der Waals surface area contributed by atoms with Crippen molar-refractivity contribution in [2.75, 3.05) is 18.5 Å². The Morgan fingerprint density at radius 2 is 2.07 bits per heavy atom. The number of anilines is 1. The van der Waals surface area contributed by atoms with Crippen LogP contribution in [-0.4, -0.2) is 34.8 Å². The van der Waals surface area contributed by atoms with E-state index in [0.29, 0.717) is 12.2 Å². The van der Waals surface area contributed by atoms with Gasteiger partial charge in [-0.05, 0) is 49.2 Å². The number of imidazole rings is 1. The molecule has 1 aliphatic rings. The van der Waals surface area contributed by atoms with E-state index < -0.39 is 0 Å². The molecule has 0 spiro atoms. The third-order valence-electron chi connectivity index (χ3n) is 4.51. The number of ether oxygens (including phenoxy) is 2. The summed E-state index contributed by atoms with van der Waals surface area (Å²) in [5.74, 6) is 0.564. The second kappa shape index (κ2) is 8.05. The Morgan fingerprint density at radius 1 is 1.22 bits per heavy atom. The molecule has 0 radical (unpaired) electrons. The number of nitrogens with zero attached hydrogens (tertiary/aromatic N) is 2. The van der Waals surface area contributed by atoms with Crippen molar-refractivity contribution < 1.29 is 14.3 Å². The van der Waals surface area contributed by atoms with Gasteiger partial charge in [0, 0.05) is 24.6 Å². The first-order valence-electron chi connectivity index (χ1n) is 9.03. The maximum atomic E-state index is 12.6. The van der Waals surface area contributed by atoms with Gasteiger partial charge in [0.2, 0.25) is 0 Å².